The summed E-state index contributed by atoms with van der Waals surface area (Å²) in [6.07, 6.45) is 2.29. The zero-order chi connectivity index (χ0) is 18.4. The van der Waals surface area contributed by atoms with E-state index in [1.54, 1.807) is 13.0 Å². The van der Waals surface area contributed by atoms with Crippen LogP contribution in [0.3, 0.4) is 0 Å². The number of amides is 2. The molecule has 0 spiro atoms. The highest BCUT2D eigenvalue weighted by Gasteiger charge is 2.15. The lowest BCUT2D eigenvalue weighted by Gasteiger charge is -2.15. The molecule has 2 aromatic carbocycles. The van der Waals surface area contributed by atoms with E-state index in [0.717, 1.165) is 15.6 Å². The molecule has 1 aromatic heterocycles. The molecule has 5 nitrogen and oxygen atoms in total. The minimum Gasteiger partial charge on any atom is -0.481 e. The molecule has 0 fully saturated rings. The summed E-state index contributed by atoms with van der Waals surface area (Å²) in [6.45, 7) is 1.62. The van der Waals surface area contributed by atoms with Gasteiger partial charge in [0.25, 0.3) is 11.8 Å². The van der Waals surface area contributed by atoms with Crippen molar-refractivity contribution in [1.29, 1.82) is 0 Å². The molecule has 0 radical (unpaired) electrons. The van der Waals surface area contributed by atoms with E-state index in [0.29, 0.717) is 5.75 Å². The van der Waals surface area contributed by atoms with E-state index in [-0.39, 0.29) is 0 Å². The molecule has 6 heteroatoms. The van der Waals surface area contributed by atoms with Gasteiger partial charge in [0.15, 0.2) is 6.10 Å². The van der Waals surface area contributed by atoms with Crippen LogP contribution >= 0.6 is 11.3 Å². The standard InChI is InChI=1S/C20H18N2O3S/c1-14(25-17-9-8-15-5-2-3-6-16(15)13-17)20(24)22-21-19(23)11-10-18-7-4-12-26-18/h2-14H,1H3,(H,21,23)(H,22,24)/b11-10+/t14-/m1/s1. The number of hydrazine groups is 1. The summed E-state index contributed by atoms with van der Waals surface area (Å²) in [4.78, 5) is 24.8. The maximum Gasteiger partial charge on any atom is 0.279 e. The van der Waals surface area contributed by atoms with E-state index in [1.165, 1.54) is 17.4 Å². The van der Waals surface area contributed by atoms with Gasteiger partial charge in [-0.3, -0.25) is 20.4 Å². The predicted molar refractivity (Wildman–Crippen MR) is 104 cm³/mol. The van der Waals surface area contributed by atoms with Gasteiger partial charge in [0, 0.05) is 11.0 Å². The average molecular weight is 366 g/mol. The number of ether oxygens (including phenoxy) is 1. The smallest absolute Gasteiger partial charge is 0.279 e. The molecule has 0 saturated carbocycles. The van der Waals surface area contributed by atoms with Gasteiger partial charge < -0.3 is 4.74 Å². The minimum absolute atomic E-state index is 0.412. The van der Waals surface area contributed by atoms with Gasteiger partial charge in [-0.25, -0.2) is 0 Å². The first-order valence-electron chi connectivity index (χ1n) is 8.09. The SMILES string of the molecule is C[C@@H](Oc1ccc2ccccc2c1)C(=O)NNC(=O)/C=C/c1cccs1. The summed E-state index contributed by atoms with van der Waals surface area (Å²) in [7, 11) is 0. The molecular weight excluding hydrogens is 348 g/mol. The molecule has 26 heavy (non-hydrogen) atoms. The van der Waals surface area contributed by atoms with E-state index < -0.39 is 17.9 Å². The third-order valence-corrected chi connectivity index (χ3v) is 4.49. The minimum atomic E-state index is -0.752. The summed E-state index contributed by atoms with van der Waals surface area (Å²) in [5.74, 6) is -0.254. The van der Waals surface area contributed by atoms with Gasteiger partial charge in [0.2, 0.25) is 0 Å². The van der Waals surface area contributed by atoms with Crippen molar-refractivity contribution in [3.05, 3.63) is 70.9 Å². The first-order valence-corrected chi connectivity index (χ1v) is 8.96. The Morgan fingerprint density at radius 2 is 1.85 bits per heavy atom. The number of fused-ring (bicyclic) bond motifs is 1. The Morgan fingerprint density at radius 1 is 1.04 bits per heavy atom. The molecule has 0 saturated heterocycles. The van der Waals surface area contributed by atoms with Crippen molar-refractivity contribution in [2.45, 2.75) is 13.0 Å². The zero-order valence-electron chi connectivity index (χ0n) is 14.1. The topological polar surface area (TPSA) is 67.4 Å². The van der Waals surface area contributed by atoms with Crippen LogP contribution in [0.1, 0.15) is 11.8 Å². The Balaban J connectivity index is 1.51. The number of thiophene rings is 1. The van der Waals surface area contributed by atoms with Gasteiger partial charge in [-0.1, -0.05) is 36.4 Å². The zero-order valence-corrected chi connectivity index (χ0v) is 15.0. The number of rotatable bonds is 5. The Labute approximate surface area is 155 Å². The number of hydrogen-bond donors (Lipinski definition) is 2. The third kappa shape index (κ3) is 4.70. The van der Waals surface area contributed by atoms with E-state index >= 15 is 0 Å². The largest absolute Gasteiger partial charge is 0.481 e. The summed E-state index contributed by atoms with van der Waals surface area (Å²) in [5.41, 5.74) is 4.70. The van der Waals surface area contributed by atoms with Gasteiger partial charge in [-0.2, -0.15) is 0 Å². The number of carbonyl (C=O) groups excluding carboxylic acids is 2. The van der Waals surface area contributed by atoms with E-state index in [9.17, 15) is 9.59 Å². The third-order valence-electron chi connectivity index (χ3n) is 3.65. The fourth-order valence-electron chi connectivity index (χ4n) is 2.31. The molecule has 3 rings (SSSR count). The number of carbonyl (C=O) groups is 2. The van der Waals surface area contributed by atoms with Crippen molar-refractivity contribution in [2.75, 3.05) is 0 Å². The molecule has 132 valence electrons. The van der Waals surface area contributed by atoms with Gasteiger partial charge >= 0.3 is 0 Å². The van der Waals surface area contributed by atoms with E-state index in [4.69, 9.17) is 4.74 Å². The van der Waals surface area contributed by atoms with Crippen molar-refractivity contribution < 1.29 is 14.3 Å². The first kappa shape index (κ1) is 17.7. The van der Waals surface area contributed by atoms with Crippen LogP contribution in [-0.4, -0.2) is 17.9 Å². The summed E-state index contributed by atoms with van der Waals surface area (Å²) < 4.78 is 5.66. The fraction of sp³-hybridized carbons (Fsp3) is 0.100. The molecule has 3 aromatic rings. The molecule has 0 aliphatic rings. The molecular formula is C20H18N2O3S. The van der Waals surface area contributed by atoms with E-state index in [1.807, 2.05) is 60.0 Å². The molecule has 2 N–H and O–H groups in total. The Hall–Kier alpha value is -3.12. The van der Waals surface area contributed by atoms with Crippen molar-refractivity contribution in [3.8, 4) is 5.75 Å². The molecule has 0 aliphatic carbocycles. The van der Waals surface area contributed by atoms with Crippen LogP contribution in [-0.2, 0) is 9.59 Å². The van der Waals surface area contributed by atoms with Crippen LogP contribution in [0.25, 0.3) is 16.8 Å². The number of benzene rings is 2. The molecule has 1 heterocycles. The lowest BCUT2D eigenvalue weighted by molar-refractivity contribution is -0.131. The van der Waals surface area contributed by atoms with Crippen LogP contribution in [0, 0.1) is 0 Å². The van der Waals surface area contributed by atoms with Crippen LogP contribution < -0.4 is 15.6 Å². The summed E-state index contributed by atoms with van der Waals surface area (Å²) >= 11 is 1.52. The highest BCUT2D eigenvalue weighted by Crippen LogP contribution is 2.21. The highest BCUT2D eigenvalue weighted by atomic mass is 32.1. The molecule has 0 bridgehead atoms. The number of hydrogen-bond acceptors (Lipinski definition) is 4. The van der Waals surface area contributed by atoms with Crippen LogP contribution in [0.2, 0.25) is 0 Å². The monoisotopic (exact) mass is 366 g/mol. The Bertz CT molecular complexity index is 935. The fourth-order valence-corrected chi connectivity index (χ4v) is 2.93. The second-order valence-corrected chi connectivity index (χ2v) is 6.58. The van der Waals surface area contributed by atoms with Crippen molar-refractivity contribution in [1.82, 2.24) is 10.9 Å². The number of nitrogens with one attached hydrogen (secondary N) is 2. The van der Waals surface area contributed by atoms with Gasteiger partial charge in [-0.05, 0) is 47.4 Å². The van der Waals surface area contributed by atoms with Crippen molar-refractivity contribution in [2.24, 2.45) is 0 Å². The maximum absolute atomic E-state index is 12.1. The second-order valence-electron chi connectivity index (χ2n) is 5.60. The summed E-state index contributed by atoms with van der Waals surface area (Å²) in [5, 5.41) is 4.05. The van der Waals surface area contributed by atoms with Crippen LogP contribution in [0.5, 0.6) is 5.75 Å². The predicted octanol–water partition coefficient (Wildman–Crippen LogP) is 3.53. The lowest BCUT2D eigenvalue weighted by Crippen LogP contribution is -2.46. The maximum atomic E-state index is 12.1. The highest BCUT2D eigenvalue weighted by molar-refractivity contribution is 7.10. The normalized spacial score (nSPS) is 12.0. The summed E-state index contributed by atoms with van der Waals surface area (Å²) in [6, 6.07) is 17.3. The second kappa shape index (κ2) is 8.31. The van der Waals surface area contributed by atoms with Crippen molar-refractivity contribution >= 4 is 40.0 Å². The lowest BCUT2D eigenvalue weighted by atomic mass is 10.1. The van der Waals surface area contributed by atoms with Crippen molar-refractivity contribution in [3.63, 3.8) is 0 Å². The Kier molecular flexibility index (Phi) is 5.66. The van der Waals surface area contributed by atoms with Gasteiger partial charge in [-0.15, -0.1) is 11.3 Å². The molecule has 1 atom stereocenters. The quantitative estimate of drug-likeness (QED) is 0.536. The average Bonchev–Trinajstić information content (AvgIpc) is 3.18. The molecule has 0 aliphatic heterocycles. The van der Waals surface area contributed by atoms with Gasteiger partial charge in [0.05, 0.1) is 0 Å². The van der Waals surface area contributed by atoms with Gasteiger partial charge in [0.1, 0.15) is 5.75 Å². The van der Waals surface area contributed by atoms with E-state index in [2.05, 4.69) is 10.9 Å². The molecule has 0 unspecified atom stereocenters. The van der Waals surface area contributed by atoms with Crippen LogP contribution in [0.4, 0.5) is 0 Å². The Morgan fingerprint density at radius 3 is 2.62 bits per heavy atom. The first-order chi connectivity index (χ1) is 12.6. The molecule has 2 amide bonds. The van der Waals surface area contributed by atoms with Crippen LogP contribution in [0.15, 0.2) is 66.1 Å².